The largest absolute Gasteiger partial charge is 0.338 e. The molecule has 0 saturated carbocycles. The number of rotatable bonds is 4. The van der Waals surface area contributed by atoms with Crippen molar-refractivity contribution in [1.29, 1.82) is 0 Å². The minimum atomic E-state index is -0.538. The molecule has 144 valence electrons. The molecule has 0 unspecified atom stereocenters. The molecule has 1 N–H and O–H groups in total. The number of para-hydroxylation sites is 1. The first-order valence-corrected chi connectivity index (χ1v) is 10.6. The highest BCUT2D eigenvalue weighted by Gasteiger charge is 2.39. The first kappa shape index (κ1) is 18.3. The fourth-order valence-corrected chi connectivity index (χ4v) is 5.10. The lowest BCUT2D eigenvalue weighted by Gasteiger charge is -2.27. The molecule has 0 spiro atoms. The maximum Gasteiger partial charge on any atom is 0.329 e. The van der Waals surface area contributed by atoms with Crippen LogP contribution in [0.25, 0.3) is 10.9 Å². The average molecular weight is 388 g/mol. The molecular weight excluding hydrogens is 364 g/mol. The van der Waals surface area contributed by atoms with Gasteiger partial charge in [0.15, 0.2) is 0 Å². The van der Waals surface area contributed by atoms with Crippen LogP contribution >= 0.6 is 11.8 Å². The van der Waals surface area contributed by atoms with Crippen LogP contribution in [0.3, 0.4) is 0 Å². The lowest BCUT2D eigenvalue weighted by Crippen LogP contribution is -2.43. The third-order valence-electron chi connectivity index (χ3n) is 5.68. The third-order valence-corrected chi connectivity index (χ3v) is 6.75. The summed E-state index contributed by atoms with van der Waals surface area (Å²) >= 11 is 1.79. The first-order chi connectivity index (χ1) is 13.1. The molecule has 0 aliphatic carbocycles. The lowest BCUT2D eigenvalue weighted by molar-refractivity contribution is -0.131. The average Bonchev–Trinajstić information content (AvgIpc) is 3.34. The predicted octanol–water partition coefficient (Wildman–Crippen LogP) is 0.728. The molecule has 0 radical (unpaired) electrons. The fourth-order valence-electron chi connectivity index (χ4n) is 4.19. The zero-order valence-electron chi connectivity index (χ0n) is 15.4. The number of amides is 1. The summed E-state index contributed by atoms with van der Waals surface area (Å²) in [6, 6.07) is 7.22. The molecule has 1 amide bonds. The summed E-state index contributed by atoms with van der Waals surface area (Å²) in [5.41, 5.74) is -0.461. The number of carbonyl (C=O) groups excluding carboxylic acids is 1. The normalized spacial score (nSPS) is 23.4. The van der Waals surface area contributed by atoms with Gasteiger partial charge >= 0.3 is 5.69 Å². The van der Waals surface area contributed by atoms with Crippen LogP contribution in [-0.4, -0.2) is 69.0 Å². The number of aromatic nitrogens is 2. The number of benzene rings is 1. The van der Waals surface area contributed by atoms with Crippen molar-refractivity contribution in [2.75, 3.05) is 32.4 Å². The Morgan fingerprint density at radius 1 is 1.19 bits per heavy atom. The zero-order valence-corrected chi connectivity index (χ0v) is 16.2. The topological polar surface area (TPSA) is 78.4 Å². The zero-order chi connectivity index (χ0) is 19.0. The number of nitrogens with zero attached hydrogens (tertiary/aromatic N) is 3. The Morgan fingerprint density at radius 3 is 2.67 bits per heavy atom. The fraction of sp³-hybridized carbons (Fsp3) is 0.526. The van der Waals surface area contributed by atoms with E-state index < -0.39 is 11.2 Å². The lowest BCUT2D eigenvalue weighted by atomic mass is 10.2. The van der Waals surface area contributed by atoms with E-state index >= 15 is 0 Å². The number of nitrogens with one attached hydrogen (secondary N) is 1. The molecule has 4 rings (SSSR count). The van der Waals surface area contributed by atoms with Gasteiger partial charge in [0.25, 0.3) is 5.56 Å². The summed E-state index contributed by atoms with van der Waals surface area (Å²) in [5, 5.41) is 0.793. The first-order valence-electron chi connectivity index (χ1n) is 9.35. The van der Waals surface area contributed by atoms with Crippen LogP contribution in [0, 0.1) is 0 Å². The maximum absolute atomic E-state index is 12.9. The van der Waals surface area contributed by atoms with Crippen LogP contribution in [0.2, 0.25) is 0 Å². The maximum atomic E-state index is 12.9. The van der Waals surface area contributed by atoms with Gasteiger partial charge in [-0.25, -0.2) is 4.79 Å². The van der Waals surface area contributed by atoms with Crippen LogP contribution in [0.4, 0.5) is 0 Å². The number of fused-ring (bicyclic) bond motifs is 1. The van der Waals surface area contributed by atoms with E-state index in [2.05, 4.69) is 16.1 Å². The number of thioether (sulfide) groups is 1. The van der Waals surface area contributed by atoms with E-state index in [1.54, 1.807) is 36.0 Å². The summed E-state index contributed by atoms with van der Waals surface area (Å²) in [6.45, 7) is 3.31. The Bertz CT molecular complexity index is 963. The highest BCUT2D eigenvalue weighted by atomic mass is 32.2. The Labute approximate surface area is 161 Å². The predicted molar refractivity (Wildman–Crippen MR) is 107 cm³/mol. The summed E-state index contributed by atoms with van der Waals surface area (Å²) < 4.78 is 1.02. The molecule has 7 nitrogen and oxygen atoms in total. The molecule has 2 atom stereocenters. The highest BCUT2D eigenvalue weighted by molar-refractivity contribution is 7.99. The standard InChI is InChI=1S/C19H24N4O3S/c1-27-16-11-22(10-15(16)21-8-4-5-9-21)17(24)12-23-18(25)13-6-2-3-7-14(13)20-19(23)26/h2-3,6-7,15-16H,4-5,8-12H2,1H3,(H,20,26)/t15-,16+/m0/s1. The molecule has 0 bridgehead atoms. The van der Waals surface area contributed by atoms with Crippen molar-refractivity contribution >= 4 is 28.6 Å². The number of hydrogen-bond acceptors (Lipinski definition) is 5. The van der Waals surface area contributed by atoms with E-state index in [4.69, 9.17) is 0 Å². The van der Waals surface area contributed by atoms with E-state index in [1.165, 1.54) is 12.8 Å². The van der Waals surface area contributed by atoms with Crippen LogP contribution in [0.1, 0.15) is 12.8 Å². The molecule has 1 aromatic heterocycles. The minimum Gasteiger partial charge on any atom is -0.338 e. The van der Waals surface area contributed by atoms with Gasteiger partial charge in [-0.1, -0.05) is 12.1 Å². The van der Waals surface area contributed by atoms with E-state index in [-0.39, 0.29) is 12.5 Å². The van der Waals surface area contributed by atoms with Crippen LogP contribution in [0.5, 0.6) is 0 Å². The van der Waals surface area contributed by atoms with Gasteiger partial charge in [-0.3, -0.25) is 19.1 Å². The Kier molecular flexibility index (Phi) is 5.10. The van der Waals surface area contributed by atoms with Crippen molar-refractivity contribution in [2.45, 2.75) is 30.7 Å². The smallest absolute Gasteiger partial charge is 0.329 e. The van der Waals surface area contributed by atoms with Crippen LogP contribution < -0.4 is 11.2 Å². The molecule has 27 heavy (non-hydrogen) atoms. The summed E-state index contributed by atoms with van der Waals surface area (Å²) in [7, 11) is 0. The highest BCUT2D eigenvalue weighted by Crippen LogP contribution is 2.28. The van der Waals surface area contributed by atoms with Gasteiger partial charge in [0, 0.05) is 24.4 Å². The van der Waals surface area contributed by atoms with Crippen molar-refractivity contribution in [1.82, 2.24) is 19.4 Å². The number of likely N-dealkylation sites (tertiary alicyclic amines) is 2. The molecular formula is C19H24N4O3S. The Balaban J connectivity index is 1.55. The van der Waals surface area contributed by atoms with Gasteiger partial charge in [0.2, 0.25) is 5.91 Å². The monoisotopic (exact) mass is 388 g/mol. The Hall–Kier alpha value is -2.06. The quantitative estimate of drug-likeness (QED) is 0.835. The molecule has 2 aromatic rings. The summed E-state index contributed by atoms with van der Waals surface area (Å²) in [4.78, 5) is 44.8. The number of hydrogen-bond donors (Lipinski definition) is 1. The van der Waals surface area contributed by atoms with E-state index in [9.17, 15) is 14.4 Å². The number of H-pyrrole nitrogens is 1. The van der Waals surface area contributed by atoms with Crippen molar-refractivity contribution in [2.24, 2.45) is 0 Å². The van der Waals surface area contributed by atoms with Crippen molar-refractivity contribution < 1.29 is 4.79 Å². The van der Waals surface area contributed by atoms with Gasteiger partial charge in [-0.15, -0.1) is 0 Å². The second-order valence-electron chi connectivity index (χ2n) is 7.25. The molecule has 8 heteroatoms. The third kappa shape index (κ3) is 3.43. The van der Waals surface area contributed by atoms with Crippen molar-refractivity contribution in [3.05, 3.63) is 45.1 Å². The van der Waals surface area contributed by atoms with Crippen LogP contribution in [-0.2, 0) is 11.3 Å². The second kappa shape index (κ2) is 7.52. The molecule has 2 fully saturated rings. The molecule has 3 heterocycles. The molecule has 2 aliphatic heterocycles. The molecule has 2 aliphatic rings. The second-order valence-corrected chi connectivity index (χ2v) is 8.33. The van der Waals surface area contributed by atoms with Crippen LogP contribution in [0.15, 0.2) is 33.9 Å². The van der Waals surface area contributed by atoms with Gasteiger partial charge < -0.3 is 9.88 Å². The Morgan fingerprint density at radius 2 is 1.93 bits per heavy atom. The number of carbonyl (C=O) groups is 1. The number of aromatic amines is 1. The van der Waals surface area contributed by atoms with Crippen molar-refractivity contribution in [3.8, 4) is 0 Å². The summed E-state index contributed by atoms with van der Waals surface area (Å²) in [5.74, 6) is -0.168. The van der Waals surface area contributed by atoms with Crippen molar-refractivity contribution in [3.63, 3.8) is 0 Å². The SMILES string of the molecule is CS[C@@H]1CN(C(=O)Cn2c(=O)[nH]c3ccccc3c2=O)C[C@@H]1N1CCCC1. The molecule has 2 saturated heterocycles. The minimum absolute atomic E-state index is 0.168. The molecule has 1 aromatic carbocycles. The van der Waals surface area contributed by atoms with Gasteiger partial charge in [-0.05, 0) is 44.3 Å². The van der Waals surface area contributed by atoms with E-state index in [0.717, 1.165) is 17.7 Å². The van der Waals surface area contributed by atoms with E-state index in [0.29, 0.717) is 35.3 Å². The summed E-state index contributed by atoms with van der Waals surface area (Å²) in [6.07, 6.45) is 4.51. The van der Waals surface area contributed by atoms with Gasteiger partial charge in [0.1, 0.15) is 6.54 Å². The van der Waals surface area contributed by atoms with E-state index in [1.807, 2.05) is 4.90 Å². The van der Waals surface area contributed by atoms with Gasteiger partial charge in [0.05, 0.1) is 10.9 Å². The van der Waals surface area contributed by atoms with Gasteiger partial charge in [-0.2, -0.15) is 11.8 Å².